The van der Waals surface area contributed by atoms with Gasteiger partial charge < -0.3 is 26.0 Å². The minimum absolute atomic E-state index is 0.0673. The van der Waals surface area contributed by atoms with Gasteiger partial charge in [0.2, 0.25) is 5.95 Å². The smallest absolute Gasteiger partial charge is 0.225 e. The highest BCUT2D eigenvalue weighted by molar-refractivity contribution is 7.21. The Hall–Kier alpha value is -3.32. The van der Waals surface area contributed by atoms with Crippen LogP contribution in [-0.4, -0.2) is 53.7 Å². The molecule has 9 nitrogen and oxygen atoms in total. The Labute approximate surface area is 221 Å². The van der Waals surface area contributed by atoms with E-state index in [0.29, 0.717) is 22.7 Å². The van der Waals surface area contributed by atoms with E-state index in [1.807, 2.05) is 13.0 Å². The Bertz CT molecular complexity index is 1480. The molecule has 1 fully saturated rings. The normalized spacial score (nSPS) is 22.1. The summed E-state index contributed by atoms with van der Waals surface area (Å²) >= 11 is 1.40. The first-order valence-electron chi connectivity index (χ1n) is 12.2. The number of aryl methyl sites for hydroxylation is 2. The van der Waals surface area contributed by atoms with Gasteiger partial charge in [-0.3, -0.25) is 4.98 Å². The number of nitrogens with one attached hydrogen (secondary N) is 2. The van der Waals surface area contributed by atoms with Crippen molar-refractivity contribution in [3.63, 3.8) is 0 Å². The van der Waals surface area contributed by atoms with Crippen molar-refractivity contribution in [2.75, 3.05) is 17.2 Å². The first kappa shape index (κ1) is 26.3. The van der Waals surface area contributed by atoms with Crippen LogP contribution < -0.4 is 10.6 Å². The van der Waals surface area contributed by atoms with Crippen molar-refractivity contribution in [3.05, 3.63) is 59.0 Å². The number of nitrogens with zero attached hydrogens (tertiary/aromatic N) is 4. The summed E-state index contributed by atoms with van der Waals surface area (Å²) in [5.41, 5.74) is 0.561. The van der Waals surface area contributed by atoms with Gasteiger partial charge in [0.1, 0.15) is 34.1 Å². The number of aliphatic hydroxyl groups is 3. The number of fused-ring (bicyclic) bond motifs is 1. The van der Waals surface area contributed by atoms with Crippen LogP contribution in [0.5, 0.6) is 0 Å². The minimum Gasteiger partial charge on any atom is -0.396 e. The first-order valence-corrected chi connectivity index (χ1v) is 13.0. The predicted octanol–water partition coefficient (Wildman–Crippen LogP) is 4.08. The van der Waals surface area contributed by atoms with Crippen molar-refractivity contribution in [1.82, 2.24) is 19.9 Å². The SMILES string of the molecule is Cc1nc(NC(C)c2c(F)cccc2F)nc(NC2(O)CCC(CO)C2O)c1-c1nc2c(C)nccc2s1. The predicted molar refractivity (Wildman–Crippen MR) is 141 cm³/mol. The van der Waals surface area contributed by atoms with Crippen molar-refractivity contribution in [1.29, 1.82) is 0 Å². The number of rotatable bonds is 7. The third-order valence-corrected chi connectivity index (χ3v) is 8.01. The molecule has 12 heteroatoms. The third-order valence-electron chi connectivity index (χ3n) is 6.97. The van der Waals surface area contributed by atoms with E-state index in [0.717, 1.165) is 15.9 Å². The molecule has 5 N–H and O–H groups in total. The number of anilines is 2. The molecule has 0 radical (unpaired) electrons. The van der Waals surface area contributed by atoms with E-state index in [-0.39, 0.29) is 30.4 Å². The van der Waals surface area contributed by atoms with Gasteiger partial charge >= 0.3 is 0 Å². The molecule has 4 atom stereocenters. The molecule has 1 aliphatic carbocycles. The summed E-state index contributed by atoms with van der Waals surface area (Å²) in [5, 5.41) is 38.2. The van der Waals surface area contributed by atoms with Gasteiger partial charge in [0.25, 0.3) is 0 Å². The monoisotopic (exact) mass is 542 g/mol. The number of benzene rings is 1. The van der Waals surface area contributed by atoms with Crippen LogP contribution in [0.1, 0.15) is 42.8 Å². The Balaban J connectivity index is 1.59. The lowest BCUT2D eigenvalue weighted by molar-refractivity contribution is -0.0545. The molecule has 0 spiro atoms. The van der Waals surface area contributed by atoms with Crippen LogP contribution in [-0.2, 0) is 0 Å². The highest BCUT2D eigenvalue weighted by Crippen LogP contribution is 2.41. The van der Waals surface area contributed by atoms with Gasteiger partial charge in [-0.1, -0.05) is 6.07 Å². The molecule has 38 heavy (non-hydrogen) atoms. The fourth-order valence-corrected chi connectivity index (χ4v) is 6.01. The van der Waals surface area contributed by atoms with E-state index < -0.39 is 35.4 Å². The molecule has 1 aliphatic rings. The molecular weight excluding hydrogens is 514 g/mol. The zero-order valence-corrected chi connectivity index (χ0v) is 21.9. The van der Waals surface area contributed by atoms with Crippen LogP contribution in [0.15, 0.2) is 30.5 Å². The standard InChI is InChI=1S/C26H28F2N6O3S/c1-12(19-16(27)5-4-6-17(19)28)30-25-31-13(2)20(24-32-21-14(3)29-10-8-18(21)38-24)23(33-25)34-26(37)9-7-15(11-35)22(26)36/h4-6,8,10,12,15,22,35-37H,7,9,11H2,1-3H3,(H2,30,31,33,34). The van der Waals surface area contributed by atoms with Crippen LogP contribution >= 0.6 is 11.3 Å². The molecule has 3 heterocycles. The molecular formula is C26H28F2N6O3S. The van der Waals surface area contributed by atoms with Crippen LogP contribution in [0, 0.1) is 31.4 Å². The van der Waals surface area contributed by atoms with E-state index in [9.17, 15) is 24.1 Å². The Morgan fingerprint density at radius 3 is 2.53 bits per heavy atom. The molecule has 0 bridgehead atoms. The maximum absolute atomic E-state index is 14.4. The van der Waals surface area contributed by atoms with E-state index >= 15 is 0 Å². The fourth-order valence-electron chi connectivity index (χ4n) is 4.90. The molecule has 1 aromatic carbocycles. The van der Waals surface area contributed by atoms with E-state index in [1.165, 1.54) is 29.5 Å². The lowest BCUT2D eigenvalue weighted by atomic mass is 10.0. The maximum atomic E-state index is 14.4. The second kappa shape index (κ2) is 10.1. The summed E-state index contributed by atoms with van der Waals surface area (Å²) in [4.78, 5) is 18.1. The molecule has 4 unspecified atom stereocenters. The highest BCUT2D eigenvalue weighted by Gasteiger charge is 2.47. The second-order valence-corrected chi connectivity index (χ2v) is 10.6. The minimum atomic E-state index is -1.77. The molecule has 0 aliphatic heterocycles. The van der Waals surface area contributed by atoms with Crippen molar-refractivity contribution in [3.8, 4) is 10.6 Å². The van der Waals surface area contributed by atoms with Crippen LogP contribution in [0.2, 0.25) is 0 Å². The molecule has 5 rings (SSSR count). The summed E-state index contributed by atoms with van der Waals surface area (Å²) in [6.45, 7) is 4.91. The number of halogens is 2. The van der Waals surface area contributed by atoms with Crippen LogP contribution in [0.3, 0.4) is 0 Å². The summed E-state index contributed by atoms with van der Waals surface area (Å²) < 4.78 is 29.7. The Morgan fingerprint density at radius 2 is 1.87 bits per heavy atom. The zero-order valence-electron chi connectivity index (χ0n) is 21.0. The second-order valence-electron chi connectivity index (χ2n) is 9.60. The molecule has 4 aromatic rings. The topological polar surface area (TPSA) is 136 Å². The molecule has 1 saturated carbocycles. The van der Waals surface area contributed by atoms with Gasteiger partial charge in [0.05, 0.1) is 27.7 Å². The number of hydrogen-bond acceptors (Lipinski definition) is 10. The number of aliphatic hydroxyl groups excluding tert-OH is 2. The Kier molecular flexibility index (Phi) is 6.99. The van der Waals surface area contributed by atoms with Gasteiger partial charge in [0, 0.05) is 24.3 Å². The van der Waals surface area contributed by atoms with E-state index in [4.69, 9.17) is 4.98 Å². The van der Waals surface area contributed by atoms with Crippen LogP contribution in [0.25, 0.3) is 20.8 Å². The quantitative estimate of drug-likeness (QED) is 0.219. The van der Waals surface area contributed by atoms with Crippen molar-refractivity contribution in [2.24, 2.45) is 5.92 Å². The molecule has 200 valence electrons. The summed E-state index contributed by atoms with van der Waals surface area (Å²) in [5.74, 6) is -1.65. The van der Waals surface area contributed by atoms with Gasteiger partial charge in [-0.15, -0.1) is 11.3 Å². The van der Waals surface area contributed by atoms with Gasteiger partial charge in [-0.25, -0.2) is 18.7 Å². The first-order chi connectivity index (χ1) is 18.1. The molecule has 3 aromatic heterocycles. The van der Waals surface area contributed by atoms with E-state index in [1.54, 1.807) is 20.0 Å². The fraction of sp³-hybridized carbons (Fsp3) is 0.385. The van der Waals surface area contributed by atoms with E-state index in [2.05, 4.69) is 25.6 Å². The van der Waals surface area contributed by atoms with Crippen molar-refractivity contribution >= 4 is 33.3 Å². The number of hydrogen-bond donors (Lipinski definition) is 5. The summed E-state index contributed by atoms with van der Waals surface area (Å²) in [6, 6.07) is 4.69. The van der Waals surface area contributed by atoms with Crippen molar-refractivity contribution < 1.29 is 24.1 Å². The number of thiazole rings is 1. The zero-order chi connectivity index (χ0) is 27.2. The lowest BCUT2D eigenvalue weighted by Gasteiger charge is -2.31. The molecule has 0 saturated heterocycles. The maximum Gasteiger partial charge on any atom is 0.225 e. The van der Waals surface area contributed by atoms with Gasteiger partial charge in [-0.05, 0) is 51.8 Å². The Morgan fingerprint density at radius 1 is 1.13 bits per heavy atom. The van der Waals surface area contributed by atoms with Gasteiger partial charge in [0.15, 0.2) is 5.72 Å². The highest BCUT2D eigenvalue weighted by atomic mass is 32.1. The average molecular weight is 543 g/mol. The van der Waals surface area contributed by atoms with Gasteiger partial charge in [-0.2, -0.15) is 4.98 Å². The summed E-state index contributed by atoms with van der Waals surface area (Å²) in [7, 11) is 0. The number of aromatic nitrogens is 4. The average Bonchev–Trinajstić information content (AvgIpc) is 3.40. The molecule has 0 amide bonds. The largest absolute Gasteiger partial charge is 0.396 e. The van der Waals surface area contributed by atoms with Crippen LogP contribution in [0.4, 0.5) is 20.5 Å². The third kappa shape index (κ3) is 4.68. The lowest BCUT2D eigenvalue weighted by Crippen LogP contribution is -2.48. The van der Waals surface area contributed by atoms with Crippen molar-refractivity contribution in [2.45, 2.75) is 51.5 Å². The summed E-state index contributed by atoms with van der Waals surface area (Å²) in [6.07, 6.45) is 1.02. The number of pyridine rings is 1.